The van der Waals surface area contributed by atoms with Crippen molar-refractivity contribution in [2.75, 3.05) is 6.61 Å². The lowest BCUT2D eigenvalue weighted by Crippen LogP contribution is -2.60. The van der Waals surface area contributed by atoms with E-state index in [4.69, 9.17) is 16.6 Å². The maximum Gasteiger partial charge on any atom is 0.326 e. The van der Waals surface area contributed by atoms with E-state index in [0.29, 0.717) is 0 Å². The second kappa shape index (κ2) is 13.1. The van der Waals surface area contributed by atoms with Crippen LogP contribution in [-0.4, -0.2) is 81.8 Å². The van der Waals surface area contributed by atoms with Crippen molar-refractivity contribution in [3.05, 3.63) is 35.9 Å². The highest BCUT2D eigenvalue weighted by Crippen LogP contribution is 2.03. The third-order valence-corrected chi connectivity index (χ3v) is 4.53. The van der Waals surface area contributed by atoms with Crippen molar-refractivity contribution in [2.45, 2.75) is 50.0 Å². The van der Waals surface area contributed by atoms with Gasteiger partial charge in [-0.15, -0.1) is 0 Å². The highest BCUT2D eigenvalue weighted by Gasteiger charge is 2.33. The molecule has 0 fully saturated rings. The van der Waals surface area contributed by atoms with Crippen molar-refractivity contribution in [1.29, 1.82) is 0 Å². The van der Waals surface area contributed by atoms with Gasteiger partial charge in [-0.1, -0.05) is 30.3 Å². The number of hydrogen-bond acceptors (Lipinski definition) is 8. The second-order valence-electron chi connectivity index (χ2n) is 7.34. The molecule has 182 valence electrons. The number of carbonyl (C=O) groups excluding carboxylic acids is 4. The Bertz CT molecular complexity index is 848. The fourth-order valence-corrected chi connectivity index (χ4v) is 2.76. The van der Waals surface area contributed by atoms with E-state index in [0.717, 1.165) is 12.5 Å². The Morgan fingerprint density at radius 3 is 2.00 bits per heavy atom. The van der Waals surface area contributed by atoms with E-state index in [1.165, 1.54) is 0 Å². The van der Waals surface area contributed by atoms with E-state index in [-0.39, 0.29) is 6.42 Å². The molecule has 4 amide bonds. The van der Waals surface area contributed by atoms with Crippen molar-refractivity contribution >= 4 is 29.6 Å². The third-order valence-electron chi connectivity index (χ3n) is 4.53. The second-order valence-corrected chi connectivity index (χ2v) is 7.34. The zero-order chi connectivity index (χ0) is 25.1. The number of carbonyl (C=O) groups is 5. The lowest BCUT2D eigenvalue weighted by molar-refractivity contribution is -0.144. The molecule has 0 aliphatic heterocycles. The van der Waals surface area contributed by atoms with Crippen molar-refractivity contribution < 1.29 is 39.3 Å². The monoisotopic (exact) mass is 467 g/mol. The summed E-state index contributed by atoms with van der Waals surface area (Å²) >= 11 is 0. The molecule has 0 saturated heterocycles. The molecule has 13 heteroatoms. The number of amides is 4. The zero-order valence-corrected chi connectivity index (χ0v) is 17.9. The summed E-state index contributed by atoms with van der Waals surface area (Å²) in [6, 6.07) is 2.98. The highest BCUT2D eigenvalue weighted by molar-refractivity contribution is 5.95. The number of carboxylic acid groups (broad SMARTS) is 1. The van der Waals surface area contributed by atoms with Gasteiger partial charge in [0.05, 0.1) is 25.2 Å². The molecule has 1 aromatic carbocycles. The molecule has 33 heavy (non-hydrogen) atoms. The Labute approximate surface area is 189 Å². The Morgan fingerprint density at radius 1 is 0.939 bits per heavy atom. The molecular formula is C20H29N5O8. The number of benzene rings is 1. The van der Waals surface area contributed by atoms with E-state index >= 15 is 0 Å². The number of nitrogens with two attached hydrogens (primary N) is 2. The average molecular weight is 467 g/mol. The number of carboxylic acids is 1. The normalized spacial score (nSPS) is 15.3. The molecule has 0 aliphatic rings. The summed E-state index contributed by atoms with van der Waals surface area (Å²) < 4.78 is 0. The molecule has 0 radical (unpaired) electrons. The molecule has 1 aromatic rings. The SMILES string of the molecule is CC(O)C(NC(=O)C(CO)NC(=O)C(N)Cc1ccccc1)C(=O)NC(CC(N)=O)C(=O)O. The van der Waals surface area contributed by atoms with Crippen LogP contribution in [0.5, 0.6) is 0 Å². The number of rotatable bonds is 13. The fourth-order valence-electron chi connectivity index (χ4n) is 2.76. The van der Waals surface area contributed by atoms with Crippen LogP contribution in [0.4, 0.5) is 0 Å². The molecule has 1 rings (SSSR count). The largest absolute Gasteiger partial charge is 0.480 e. The van der Waals surface area contributed by atoms with E-state index in [9.17, 15) is 34.2 Å². The predicted octanol–water partition coefficient (Wildman–Crippen LogP) is -3.66. The average Bonchev–Trinajstić information content (AvgIpc) is 2.74. The Hall–Kier alpha value is -3.55. The summed E-state index contributed by atoms with van der Waals surface area (Å²) in [6.45, 7) is 0.305. The molecule has 10 N–H and O–H groups in total. The first kappa shape index (κ1) is 27.5. The van der Waals surface area contributed by atoms with Crippen LogP contribution in [0, 0.1) is 0 Å². The standard InChI is InChI=1S/C20H29N5O8/c1-10(27)16(19(31)23-13(20(32)33)8-15(22)28)25-18(30)14(9-26)24-17(29)12(21)7-11-5-3-2-4-6-11/h2-6,10,12-14,16,26-27H,7-9,21H2,1H3,(H2,22,28)(H,23,31)(H,24,29)(H,25,30)(H,32,33). The van der Waals surface area contributed by atoms with Crippen LogP contribution in [-0.2, 0) is 30.4 Å². The highest BCUT2D eigenvalue weighted by atomic mass is 16.4. The van der Waals surface area contributed by atoms with Crippen LogP contribution in [0.25, 0.3) is 0 Å². The molecular weight excluding hydrogens is 438 g/mol. The van der Waals surface area contributed by atoms with E-state index in [1.807, 2.05) is 5.32 Å². The summed E-state index contributed by atoms with van der Waals surface area (Å²) in [5.74, 6) is -5.42. The van der Waals surface area contributed by atoms with Crippen molar-refractivity contribution in [2.24, 2.45) is 11.5 Å². The minimum Gasteiger partial charge on any atom is -0.480 e. The molecule has 5 unspecified atom stereocenters. The number of aliphatic hydroxyl groups excluding tert-OH is 2. The van der Waals surface area contributed by atoms with Crippen LogP contribution in [0.1, 0.15) is 18.9 Å². The summed E-state index contributed by atoms with van der Waals surface area (Å²) in [4.78, 5) is 59.4. The van der Waals surface area contributed by atoms with Gasteiger partial charge in [0.25, 0.3) is 0 Å². The molecule has 13 nitrogen and oxygen atoms in total. The first-order valence-electron chi connectivity index (χ1n) is 9.96. The summed E-state index contributed by atoms with van der Waals surface area (Å²) in [5, 5.41) is 34.9. The minimum atomic E-state index is -1.68. The van der Waals surface area contributed by atoms with Gasteiger partial charge in [0.1, 0.15) is 18.1 Å². The van der Waals surface area contributed by atoms with Crippen LogP contribution < -0.4 is 27.4 Å². The number of aliphatic hydroxyl groups is 2. The zero-order valence-electron chi connectivity index (χ0n) is 17.9. The number of hydrogen-bond donors (Lipinski definition) is 8. The number of nitrogens with one attached hydrogen (secondary N) is 3. The van der Waals surface area contributed by atoms with Crippen LogP contribution >= 0.6 is 0 Å². The molecule has 0 heterocycles. The molecule has 5 atom stereocenters. The number of primary amides is 1. The van der Waals surface area contributed by atoms with Crippen molar-refractivity contribution in [1.82, 2.24) is 16.0 Å². The Kier molecular flexibility index (Phi) is 10.9. The third kappa shape index (κ3) is 9.22. The van der Waals surface area contributed by atoms with Gasteiger partial charge in [0, 0.05) is 0 Å². The molecule has 0 aliphatic carbocycles. The van der Waals surface area contributed by atoms with Gasteiger partial charge in [-0.2, -0.15) is 0 Å². The van der Waals surface area contributed by atoms with Gasteiger partial charge < -0.3 is 42.7 Å². The maximum atomic E-state index is 12.5. The van der Waals surface area contributed by atoms with Gasteiger partial charge in [0.2, 0.25) is 23.6 Å². The summed E-state index contributed by atoms with van der Waals surface area (Å²) in [5.41, 5.74) is 11.6. The lowest BCUT2D eigenvalue weighted by atomic mass is 10.1. The Morgan fingerprint density at radius 2 is 1.52 bits per heavy atom. The smallest absolute Gasteiger partial charge is 0.326 e. The van der Waals surface area contributed by atoms with Gasteiger partial charge >= 0.3 is 5.97 Å². The summed E-state index contributed by atoms with van der Waals surface area (Å²) in [7, 11) is 0. The van der Waals surface area contributed by atoms with E-state index in [1.54, 1.807) is 30.3 Å². The topological polar surface area (TPSA) is 234 Å². The van der Waals surface area contributed by atoms with Gasteiger partial charge in [0.15, 0.2) is 0 Å². The Balaban J connectivity index is 2.80. The van der Waals surface area contributed by atoms with E-state index < -0.39 is 72.9 Å². The van der Waals surface area contributed by atoms with Gasteiger partial charge in [-0.3, -0.25) is 19.2 Å². The maximum absolute atomic E-state index is 12.5. The number of aliphatic carboxylic acids is 1. The first-order chi connectivity index (χ1) is 15.5. The fraction of sp³-hybridized carbons (Fsp3) is 0.450. The van der Waals surface area contributed by atoms with E-state index in [2.05, 4.69) is 10.6 Å². The predicted molar refractivity (Wildman–Crippen MR) is 114 cm³/mol. The first-order valence-corrected chi connectivity index (χ1v) is 9.96. The molecule has 0 aromatic heterocycles. The van der Waals surface area contributed by atoms with Crippen LogP contribution in [0.15, 0.2) is 30.3 Å². The molecule has 0 bridgehead atoms. The lowest BCUT2D eigenvalue weighted by Gasteiger charge is -2.25. The van der Waals surface area contributed by atoms with Crippen LogP contribution in [0.2, 0.25) is 0 Å². The van der Waals surface area contributed by atoms with Crippen molar-refractivity contribution in [3.63, 3.8) is 0 Å². The quantitative estimate of drug-likeness (QED) is 0.142. The van der Waals surface area contributed by atoms with Crippen LogP contribution in [0.3, 0.4) is 0 Å². The molecule has 0 saturated carbocycles. The molecule has 0 spiro atoms. The van der Waals surface area contributed by atoms with Gasteiger partial charge in [-0.05, 0) is 18.9 Å². The minimum absolute atomic E-state index is 0.168. The summed E-state index contributed by atoms with van der Waals surface area (Å²) in [6.07, 6.45) is -2.04. The van der Waals surface area contributed by atoms with Gasteiger partial charge in [-0.25, -0.2) is 4.79 Å². The van der Waals surface area contributed by atoms with Crippen molar-refractivity contribution in [3.8, 4) is 0 Å².